The Bertz CT molecular complexity index is 265. The Hall–Kier alpha value is -0.380. The first-order valence-corrected chi connectivity index (χ1v) is 3.27. The summed E-state index contributed by atoms with van der Waals surface area (Å²) >= 11 is 0. The van der Waals surface area contributed by atoms with Crippen molar-refractivity contribution in [1.82, 2.24) is 0 Å². The number of nitrogens with zero attached hydrogens (tertiary/aromatic N) is 1. The zero-order valence-corrected chi connectivity index (χ0v) is 9.42. The van der Waals surface area contributed by atoms with E-state index in [-0.39, 0.29) is 35.3 Å². The number of hydrogen-bond donors (Lipinski definition) is 0. The van der Waals surface area contributed by atoms with Crippen LogP contribution in [0.1, 0.15) is 13.8 Å². The summed E-state index contributed by atoms with van der Waals surface area (Å²) in [6.45, 7) is 3.34. The van der Waals surface area contributed by atoms with E-state index < -0.39 is 0 Å². The number of ketones is 1. The molecule has 0 saturated carbocycles. The maximum Gasteiger partial charge on any atom is 1.00 e. The van der Waals surface area contributed by atoms with Crippen LogP contribution in [0.2, 0.25) is 0 Å². The number of allylic oxidation sites excluding steroid dienone is 4. The number of carbonyl (C=O) groups excluding carboxylic acids is 1. The topological polar surface area (TPSA) is 52.5 Å². The van der Waals surface area contributed by atoms with E-state index in [4.69, 9.17) is 0 Å². The summed E-state index contributed by atoms with van der Waals surface area (Å²) in [5, 5.41) is 12.8. The zero-order chi connectivity index (χ0) is 8.43. The zero-order valence-electron chi connectivity index (χ0n) is 7.42. The summed E-state index contributed by atoms with van der Waals surface area (Å²) in [6.07, 6.45) is 2.98. The van der Waals surface area contributed by atoms with Gasteiger partial charge in [-0.15, -0.1) is 0 Å². The summed E-state index contributed by atoms with van der Waals surface area (Å²) in [5.74, 6) is -0.0163. The monoisotopic (exact) mass is 173 g/mol. The fourth-order valence-electron chi connectivity index (χ4n) is 0.980. The van der Waals surface area contributed by atoms with Gasteiger partial charge in [0.15, 0.2) is 5.78 Å². The molecular formula is C8H8NNaO2. The van der Waals surface area contributed by atoms with Gasteiger partial charge < -0.3 is 10.4 Å². The third-order valence-electron chi connectivity index (χ3n) is 1.55. The van der Waals surface area contributed by atoms with Crippen LogP contribution in [0.4, 0.5) is 0 Å². The Balaban J connectivity index is 0.00000121. The van der Waals surface area contributed by atoms with Gasteiger partial charge in [0.05, 0.1) is 5.71 Å². The minimum Gasteiger partial charge on any atom is -0.792 e. The molecule has 0 aromatic rings. The van der Waals surface area contributed by atoms with E-state index in [9.17, 15) is 10.0 Å². The second kappa shape index (κ2) is 4.60. The molecule has 0 spiro atoms. The van der Waals surface area contributed by atoms with Crippen LogP contribution >= 0.6 is 0 Å². The first kappa shape index (κ1) is 11.6. The van der Waals surface area contributed by atoms with Gasteiger partial charge in [0.2, 0.25) is 0 Å². The van der Waals surface area contributed by atoms with Crippen molar-refractivity contribution in [1.29, 1.82) is 0 Å². The first-order chi connectivity index (χ1) is 5.15. The second-order valence-corrected chi connectivity index (χ2v) is 2.50. The molecule has 0 heterocycles. The Morgan fingerprint density at radius 3 is 2.00 bits per heavy atom. The molecule has 58 valence electrons. The van der Waals surface area contributed by atoms with Gasteiger partial charge in [-0.25, -0.2) is 0 Å². The fourth-order valence-corrected chi connectivity index (χ4v) is 0.980. The van der Waals surface area contributed by atoms with Crippen LogP contribution in [0, 0.1) is 5.21 Å². The van der Waals surface area contributed by atoms with Crippen molar-refractivity contribution in [3.63, 3.8) is 0 Å². The molecule has 0 amide bonds. The molecule has 0 aromatic heterocycles. The van der Waals surface area contributed by atoms with Gasteiger partial charge in [-0.1, -0.05) is 0 Å². The van der Waals surface area contributed by atoms with Crippen molar-refractivity contribution in [2.24, 2.45) is 5.16 Å². The van der Waals surface area contributed by atoms with Crippen molar-refractivity contribution < 1.29 is 34.4 Å². The average molecular weight is 173 g/mol. The predicted octanol–water partition coefficient (Wildman–Crippen LogP) is -1.60. The molecule has 0 radical (unpaired) electrons. The first-order valence-electron chi connectivity index (χ1n) is 3.27. The minimum absolute atomic E-state index is 0. The maximum atomic E-state index is 11.1. The molecule has 1 aliphatic rings. The van der Waals surface area contributed by atoms with Crippen molar-refractivity contribution in [3.8, 4) is 0 Å². The molecule has 0 atom stereocenters. The minimum atomic E-state index is -0.0163. The van der Waals surface area contributed by atoms with E-state index in [1.54, 1.807) is 13.8 Å². The molecule has 4 heteroatoms. The summed E-state index contributed by atoms with van der Waals surface area (Å²) in [6, 6.07) is 0. The number of hydrogen-bond acceptors (Lipinski definition) is 3. The summed E-state index contributed by atoms with van der Waals surface area (Å²) in [7, 11) is 0. The van der Waals surface area contributed by atoms with Crippen LogP contribution in [0.3, 0.4) is 0 Å². The van der Waals surface area contributed by atoms with Crippen molar-refractivity contribution in [2.45, 2.75) is 13.8 Å². The molecule has 1 aliphatic carbocycles. The van der Waals surface area contributed by atoms with Gasteiger partial charge in [0, 0.05) is 0 Å². The van der Waals surface area contributed by atoms with E-state index in [1.165, 1.54) is 12.2 Å². The van der Waals surface area contributed by atoms with Crippen LogP contribution in [0.5, 0.6) is 0 Å². The summed E-state index contributed by atoms with van der Waals surface area (Å²) in [5.41, 5.74) is 1.46. The molecule has 0 N–H and O–H groups in total. The summed E-state index contributed by atoms with van der Waals surface area (Å²) < 4.78 is 0. The Morgan fingerprint density at radius 2 is 1.67 bits per heavy atom. The molecule has 0 unspecified atom stereocenters. The molecule has 0 aromatic carbocycles. The van der Waals surface area contributed by atoms with Crippen LogP contribution < -0.4 is 29.6 Å². The van der Waals surface area contributed by atoms with E-state index in [0.717, 1.165) is 0 Å². The smallest absolute Gasteiger partial charge is 0.792 e. The molecule has 0 aliphatic heterocycles. The van der Waals surface area contributed by atoms with E-state index >= 15 is 0 Å². The number of rotatable bonds is 0. The van der Waals surface area contributed by atoms with E-state index in [1.807, 2.05) is 0 Å². The van der Waals surface area contributed by atoms with Gasteiger partial charge in [0.1, 0.15) is 0 Å². The largest absolute Gasteiger partial charge is 1.00 e. The third kappa shape index (κ3) is 2.30. The van der Waals surface area contributed by atoms with Crippen LogP contribution in [0.15, 0.2) is 28.5 Å². The normalized spacial score (nSPS) is 16.2. The van der Waals surface area contributed by atoms with Crippen molar-refractivity contribution in [3.05, 3.63) is 28.5 Å². The fraction of sp³-hybridized carbons (Fsp3) is 0.250. The van der Waals surface area contributed by atoms with Gasteiger partial charge >= 0.3 is 29.6 Å². The van der Waals surface area contributed by atoms with Crippen LogP contribution in [-0.4, -0.2) is 11.5 Å². The molecule has 12 heavy (non-hydrogen) atoms. The Kier molecular flexibility index (Phi) is 4.45. The van der Waals surface area contributed by atoms with Gasteiger partial charge in [-0.3, -0.25) is 4.79 Å². The Morgan fingerprint density at radius 1 is 1.25 bits per heavy atom. The molecule has 0 bridgehead atoms. The predicted molar refractivity (Wildman–Crippen MR) is 43.3 cm³/mol. The number of Topliss-reactive ketones (excluding diaryl/α,β-unsaturated/α-hetero) is 1. The Labute approximate surface area is 93.1 Å². The van der Waals surface area contributed by atoms with Crippen LogP contribution in [-0.2, 0) is 4.79 Å². The molecule has 3 nitrogen and oxygen atoms in total. The second-order valence-electron chi connectivity index (χ2n) is 2.50. The van der Waals surface area contributed by atoms with Crippen LogP contribution in [0.25, 0.3) is 0 Å². The van der Waals surface area contributed by atoms with E-state index in [2.05, 4.69) is 5.16 Å². The van der Waals surface area contributed by atoms with E-state index in [0.29, 0.717) is 16.9 Å². The molecular weight excluding hydrogens is 165 g/mol. The van der Waals surface area contributed by atoms with Gasteiger partial charge in [-0.05, 0) is 37.1 Å². The molecule has 1 rings (SSSR count). The quantitative estimate of drug-likeness (QED) is 0.252. The van der Waals surface area contributed by atoms with Gasteiger partial charge in [-0.2, -0.15) is 0 Å². The van der Waals surface area contributed by atoms with Crippen molar-refractivity contribution in [2.75, 3.05) is 0 Å². The molecule has 0 fully saturated rings. The molecule has 0 saturated heterocycles. The van der Waals surface area contributed by atoms with Gasteiger partial charge in [0.25, 0.3) is 0 Å². The standard InChI is InChI=1S/C8H9NO2.Na/c1-5-3-7(9-11)4-6(2)8(5)10;/h3-4,11H,1-2H3;/q;+1/p-1. The summed E-state index contributed by atoms with van der Waals surface area (Å²) in [4.78, 5) is 11.1. The maximum absolute atomic E-state index is 11.1. The third-order valence-corrected chi connectivity index (χ3v) is 1.55. The average Bonchev–Trinajstić information content (AvgIpc) is 1.99. The number of carbonyl (C=O) groups is 1. The SMILES string of the molecule is CC1=CC(=N[O-])C=C(C)C1=O.[Na+]. The van der Waals surface area contributed by atoms with Crippen molar-refractivity contribution >= 4 is 11.5 Å².